The normalized spacial score (nSPS) is 8.93. The number of rotatable bonds is 1. The van der Waals surface area contributed by atoms with Crippen LogP contribution in [-0.4, -0.2) is 11.9 Å². The van der Waals surface area contributed by atoms with Gasteiger partial charge in [0.15, 0.2) is 5.96 Å². The van der Waals surface area contributed by atoms with E-state index in [2.05, 4.69) is 5.32 Å². The summed E-state index contributed by atoms with van der Waals surface area (Å²) >= 11 is 0. The van der Waals surface area contributed by atoms with Gasteiger partial charge in [-0.2, -0.15) is 0 Å². The van der Waals surface area contributed by atoms with Crippen molar-refractivity contribution >= 4 is 24.3 Å². The zero-order chi connectivity index (χ0) is 10.7. The van der Waals surface area contributed by atoms with Crippen LogP contribution in [0.1, 0.15) is 21.5 Å². The number of benzene rings is 1. The molecule has 0 aliphatic carbocycles. The first-order chi connectivity index (χ1) is 6.49. The second kappa shape index (κ2) is 5.36. The molecule has 0 aromatic heterocycles. The van der Waals surface area contributed by atoms with Crippen LogP contribution < -0.4 is 11.1 Å². The van der Waals surface area contributed by atoms with E-state index in [9.17, 15) is 4.79 Å². The van der Waals surface area contributed by atoms with Crippen molar-refractivity contribution in [3.8, 4) is 0 Å². The van der Waals surface area contributed by atoms with E-state index in [1.807, 2.05) is 19.9 Å². The van der Waals surface area contributed by atoms with Crippen molar-refractivity contribution in [3.63, 3.8) is 0 Å². The lowest BCUT2D eigenvalue weighted by molar-refractivity contribution is 0.0976. The summed E-state index contributed by atoms with van der Waals surface area (Å²) in [4.78, 5) is 11.4. The summed E-state index contributed by atoms with van der Waals surface area (Å²) in [6.45, 7) is 3.83. The van der Waals surface area contributed by atoms with E-state index in [0.29, 0.717) is 5.56 Å². The molecule has 1 rings (SSSR count). The molecule has 4 nitrogen and oxygen atoms in total. The minimum atomic E-state index is -0.343. The zero-order valence-corrected chi connectivity index (χ0v) is 9.44. The van der Waals surface area contributed by atoms with Crippen molar-refractivity contribution in [1.82, 2.24) is 5.32 Å². The molecule has 0 spiro atoms. The molecule has 0 fully saturated rings. The van der Waals surface area contributed by atoms with Gasteiger partial charge < -0.3 is 5.73 Å². The third-order valence-electron chi connectivity index (χ3n) is 1.73. The van der Waals surface area contributed by atoms with Crippen LogP contribution in [0.5, 0.6) is 0 Å². The van der Waals surface area contributed by atoms with Gasteiger partial charge in [-0.25, -0.2) is 0 Å². The van der Waals surface area contributed by atoms with Crippen LogP contribution in [0.4, 0.5) is 0 Å². The summed E-state index contributed by atoms with van der Waals surface area (Å²) < 4.78 is 0. The second-order valence-electron chi connectivity index (χ2n) is 3.24. The lowest BCUT2D eigenvalue weighted by Crippen LogP contribution is -2.35. The van der Waals surface area contributed by atoms with Crippen LogP contribution in [-0.2, 0) is 0 Å². The standard InChI is InChI=1S/C10H13N3O.ClH/c1-6-3-7(2)5-8(4-6)9(14)13-10(11)12;/h3-5H,1-2H3,(H4,11,12,13,14);1H. The van der Waals surface area contributed by atoms with Gasteiger partial charge in [0.1, 0.15) is 0 Å². The van der Waals surface area contributed by atoms with Crippen LogP contribution in [0.25, 0.3) is 0 Å². The van der Waals surface area contributed by atoms with Gasteiger partial charge in [0, 0.05) is 5.56 Å². The number of carbonyl (C=O) groups is 1. The SMILES string of the molecule is Cc1cc(C)cc(C(=O)NC(=N)N)c1.Cl. The molecule has 0 saturated heterocycles. The maximum Gasteiger partial charge on any atom is 0.257 e. The summed E-state index contributed by atoms with van der Waals surface area (Å²) in [5.41, 5.74) is 7.61. The van der Waals surface area contributed by atoms with Gasteiger partial charge in [0.2, 0.25) is 0 Å². The Morgan fingerprint density at radius 2 is 1.73 bits per heavy atom. The molecule has 5 heteroatoms. The molecule has 1 aromatic rings. The predicted octanol–water partition coefficient (Wildman–Crippen LogP) is 1.35. The Morgan fingerprint density at radius 1 is 1.27 bits per heavy atom. The molecule has 15 heavy (non-hydrogen) atoms. The third-order valence-corrected chi connectivity index (χ3v) is 1.73. The van der Waals surface area contributed by atoms with E-state index in [0.717, 1.165) is 11.1 Å². The molecule has 0 atom stereocenters. The van der Waals surface area contributed by atoms with E-state index in [4.69, 9.17) is 11.1 Å². The molecule has 82 valence electrons. The highest BCUT2D eigenvalue weighted by Gasteiger charge is 2.06. The summed E-state index contributed by atoms with van der Waals surface area (Å²) in [5.74, 6) is -0.682. The highest BCUT2D eigenvalue weighted by Crippen LogP contribution is 2.08. The fourth-order valence-corrected chi connectivity index (χ4v) is 1.30. The quantitative estimate of drug-likeness (QED) is 0.500. The topological polar surface area (TPSA) is 79.0 Å². The fraction of sp³-hybridized carbons (Fsp3) is 0.200. The molecule has 0 unspecified atom stereocenters. The van der Waals surface area contributed by atoms with Crippen LogP contribution in [0, 0.1) is 19.3 Å². The van der Waals surface area contributed by atoms with E-state index in [1.54, 1.807) is 12.1 Å². The Bertz CT molecular complexity index is 370. The van der Waals surface area contributed by atoms with E-state index in [-0.39, 0.29) is 24.3 Å². The minimum Gasteiger partial charge on any atom is -0.370 e. The maximum atomic E-state index is 11.4. The second-order valence-corrected chi connectivity index (χ2v) is 3.24. The van der Waals surface area contributed by atoms with Crippen molar-refractivity contribution in [3.05, 3.63) is 34.9 Å². The molecule has 0 aliphatic rings. The largest absolute Gasteiger partial charge is 0.370 e. The van der Waals surface area contributed by atoms with Crippen LogP contribution >= 0.6 is 12.4 Å². The molecule has 1 amide bonds. The highest BCUT2D eigenvalue weighted by atomic mass is 35.5. The predicted molar refractivity (Wildman–Crippen MR) is 62.5 cm³/mol. The lowest BCUT2D eigenvalue weighted by atomic mass is 10.1. The van der Waals surface area contributed by atoms with Gasteiger partial charge >= 0.3 is 0 Å². The molecule has 0 heterocycles. The molecular formula is C10H14ClN3O. The molecule has 4 N–H and O–H groups in total. The molecular weight excluding hydrogens is 214 g/mol. The molecule has 0 bridgehead atoms. The first-order valence-corrected chi connectivity index (χ1v) is 4.22. The number of carbonyl (C=O) groups excluding carboxylic acids is 1. The van der Waals surface area contributed by atoms with Crippen molar-refractivity contribution in [2.24, 2.45) is 5.73 Å². The number of aryl methyl sites for hydroxylation is 2. The Labute approximate surface area is 94.8 Å². The van der Waals surface area contributed by atoms with E-state index < -0.39 is 0 Å². The number of nitrogens with one attached hydrogen (secondary N) is 2. The van der Waals surface area contributed by atoms with E-state index >= 15 is 0 Å². The van der Waals surface area contributed by atoms with Crippen LogP contribution in [0.2, 0.25) is 0 Å². The fourth-order valence-electron chi connectivity index (χ4n) is 1.30. The lowest BCUT2D eigenvalue weighted by Gasteiger charge is -2.04. The average molecular weight is 228 g/mol. The average Bonchev–Trinajstić information content (AvgIpc) is 2.00. The Morgan fingerprint density at radius 3 is 2.13 bits per heavy atom. The molecule has 0 saturated carbocycles. The van der Waals surface area contributed by atoms with Gasteiger partial charge in [0.25, 0.3) is 5.91 Å². The number of halogens is 1. The monoisotopic (exact) mass is 227 g/mol. The van der Waals surface area contributed by atoms with Crippen molar-refractivity contribution in [2.45, 2.75) is 13.8 Å². The Hall–Kier alpha value is -1.55. The number of hydrogen-bond acceptors (Lipinski definition) is 2. The van der Waals surface area contributed by atoms with E-state index in [1.165, 1.54) is 0 Å². The molecule has 1 aromatic carbocycles. The third kappa shape index (κ3) is 3.99. The van der Waals surface area contributed by atoms with Gasteiger partial charge in [0.05, 0.1) is 0 Å². The zero-order valence-electron chi connectivity index (χ0n) is 8.63. The number of nitrogens with two attached hydrogens (primary N) is 1. The van der Waals surface area contributed by atoms with Crippen LogP contribution in [0.15, 0.2) is 18.2 Å². The smallest absolute Gasteiger partial charge is 0.257 e. The van der Waals surface area contributed by atoms with Crippen molar-refractivity contribution in [1.29, 1.82) is 5.41 Å². The van der Waals surface area contributed by atoms with Gasteiger partial charge in [-0.1, -0.05) is 17.2 Å². The van der Waals surface area contributed by atoms with Crippen molar-refractivity contribution < 1.29 is 4.79 Å². The summed E-state index contributed by atoms with van der Waals surface area (Å²) in [6.07, 6.45) is 0. The van der Waals surface area contributed by atoms with Gasteiger partial charge in [-0.3, -0.25) is 15.5 Å². The van der Waals surface area contributed by atoms with Crippen LogP contribution in [0.3, 0.4) is 0 Å². The summed E-state index contributed by atoms with van der Waals surface area (Å²) in [5, 5.41) is 9.16. The first-order valence-electron chi connectivity index (χ1n) is 4.22. The summed E-state index contributed by atoms with van der Waals surface area (Å²) in [7, 11) is 0. The molecule has 0 aliphatic heterocycles. The molecule has 0 radical (unpaired) electrons. The highest BCUT2D eigenvalue weighted by molar-refractivity contribution is 6.04. The number of amides is 1. The number of guanidine groups is 1. The van der Waals surface area contributed by atoms with Gasteiger partial charge in [-0.15, -0.1) is 12.4 Å². The minimum absolute atomic E-state index is 0. The summed E-state index contributed by atoms with van der Waals surface area (Å²) in [6, 6.07) is 5.49. The first kappa shape index (κ1) is 13.4. The maximum absolute atomic E-state index is 11.4. The Balaban J connectivity index is 0.00000196. The van der Waals surface area contributed by atoms with Gasteiger partial charge in [-0.05, 0) is 26.0 Å². The Kier molecular flexibility index (Phi) is 4.81. The number of hydrogen-bond donors (Lipinski definition) is 3. The van der Waals surface area contributed by atoms with Crippen molar-refractivity contribution in [2.75, 3.05) is 0 Å².